The lowest BCUT2D eigenvalue weighted by Crippen LogP contribution is -2.29. The summed E-state index contributed by atoms with van der Waals surface area (Å²) in [6.45, 7) is 2.05. The molecule has 5 rings (SSSR count). The first kappa shape index (κ1) is 21.1. The Kier molecular flexibility index (Phi) is 6.02. The Labute approximate surface area is 192 Å². The van der Waals surface area contributed by atoms with Crippen molar-refractivity contribution in [2.45, 2.75) is 25.2 Å². The highest BCUT2D eigenvalue weighted by atomic mass is 16.5. The SMILES string of the molecule is COc1ccc(OCCc2cc(C3CCN(C(=O)Cc4c[nH]c5ccccc45)C3)n[nH]2)cc1. The molecule has 2 aromatic heterocycles. The average Bonchev–Trinajstić information content (AvgIpc) is 3.60. The van der Waals surface area contributed by atoms with E-state index in [1.807, 2.05) is 53.6 Å². The summed E-state index contributed by atoms with van der Waals surface area (Å²) in [6.07, 6.45) is 4.05. The largest absolute Gasteiger partial charge is 0.497 e. The van der Waals surface area contributed by atoms with Gasteiger partial charge in [-0.25, -0.2) is 0 Å². The van der Waals surface area contributed by atoms with Crippen molar-refractivity contribution in [2.75, 3.05) is 26.8 Å². The minimum atomic E-state index is 0.172. The molecule has 1 aliphatic heterocycles. The number of nitrogens with zero attached hydrogens (tertiary/aromatic N) is 2. The summed E-state index contributed by atoms with van der Waals surface area (Å²) in [5.41, 5.74) is 4.19. The van der Waals surface area contributed by atoms with Crippen molar-refractivity contribution in [1.82, 2.24) is 20.1 Å². The number of hydrogen-bond donors (Lipinski definition) is 2. The zero-order valence-corrected chi connectivity index (χ0v) is 18.7. The van der Waals surface area contributed by atoms with Crippen molar-refractivity contribution in [2.24, 2.45) is 0 Å². The van der Waals surface area contributed by atoms with Crippen molar-refractivity contribution in [3.63, 3.8) is 0 Å². The van der Waals surface area contributed by atoms with Crippen LogP contribution in [0.15, 0.2) is 60.8 Å². The van der Waals surface area contributed by atoms with Crippen LogP contribution in [0, 0.1) is 0 Å². The van der Waals surface area contributed by atoms with Crippen LogP contribution in [-0.4, -0.2) is 52.8 Å². The van der Waals surface area contributed by atoms with Crippen LogP contribution in [0.2, 0.25) is 0 Å². The van der Waals surface area contributed by atoms with Gasteiger partial charge in [0.1, 0.15) is 11.5 Å². The van der Waals surface area contributed by atoms with Crippen molar-refractivity contribution in [3.05, 3.63) is 77.7 Å². The molecule has 2 aromatic carbocycles. The Hall–Kier alpha value is -3.74. The van der Waals surface area contributed by atoms with Crippen LogP contribution in [-0.2, 0) is 17.6 Å². The smallest absolute Gasteiger partial charge is 0.227 e. The molecule has 1 aliphatic rings. The number of carbonyl (C=O) groups excluding carboxylic acids is 1. The maximum Gasteiger partial charge on any atom is 0.227 e. The number of likely N-dealkylation sites (tertiary alicyclic amines) is 1. The van der Waals surface area contributed by atoms with Crippen molar-refractivity contribution in [3.8, 4) is 11.5 Å². The van der Waals surface area contributed by atoms with Gasteiger partial charge in [0.15, 0.2) is 0 Å². The number of ether oxygens (including phenoxy) is 2. The second kappa shape index (κ2) is 9.40. The molecule has 1 amide bonds. The van der Waals surface area contributed by atoms with E-state index < -0.39 is 0 Å². The van der Waals surface area contributed by atoms with E-state index in [0.29, 0.717) is 19.6 Å². The van der Waals surface area contributed by atoms with Gasteiger partial charge in [-0.2, -0.15) is 5.10 Å². The van der Waals surface area contributed by atoms with E-state index in [1.54, 1.807) is 7.11 Å². The predicted molar refractivity (Wildman–Crippen MR) is 127 cm³/mol. The number of aromatic nitrogens is 3. The molecule has 170 valence electrons. The number of amides is 1. The van der Waals surface area contributed by atoms with E-state index in [-0.39, 0.29) is 11.8 Å². The van der Waals surface area contributed by atoms with Crippen LogP contribution >= 0.6 is 0 Å². The molecule has 3 heterocycles. The van der Waals surface area contributed by atoms with Crippen LogP contribution in [0.5, 0.6) is 11.5 Å². The van der Waals surface area contributed by atoms with E-state index in [0.717, 1.165) is 58.7 Å². The molecule has 2 N–H and O–H groups in total. The molecule has 4 aromatic rings. The molecule has 1 unspecified atom stereocenters. The molecule has 0 aliphatic carbocycles. The third-order valence-electron chi connectivity index (χ3n) is 6.33. The summed E-state index contributed by atoms with van der Waals surface area (Å²) >= 11 is 0. The standard InChI is InChI=1S/C26H28N4O3/c1-32-21-6-8-22(9-7-21)33-13-11-20-15-25(29-28-20)18-10-12-30(17-18)26(31)14-19-16-27-24-5-3-2-4-23(19)24/h2-9,15-16,18,27H,10-14,17H2,1H3,(H,28,29). The van der Waals surface area contributed by atoms with E-state index in [4.69, 9.17) is 9.47 Å². The first-order valence-corrected chi connectivity index (χ1v) is 11.3. The molecule has 0 saturated carbocycles. The number of methoxy groups -OCH3 is 1. The fraction of sp³-hybridized carbons (Fsp3) is 0.308. The number of carbonyl (C=O) groups is 1. The quantitative estimate of drug-likeness (QED) is 0.429. The number of para-hydroxylation sites is 1. The Bertz CT molecular complexity index is 1230. The highest BCUT2D eigenvalue weighted by Gasteiger charge is 2.29. The number of fused-ring (bicyclic) bond motifs is 1. The summed E-state index contributed by atoms with van der Waals surface area (Å²) < 4.78 is 11.0. The van der Waals surface area contributed by atoms with Crippen LogP contribution in [0.25, 0.3) is 10.9 Å². The molecule has 33 heavy (non-hydrogen) atoms. The van der Waals surface area contributed by atoms with Gasteiger partial charge in [0.25, 0.3) is 0 Å². The number of H-pyrrole nitrogens is 2. The minimum Gasteiger partial charge on any atom is -0.497 e. The van der Waals surface area contributed by atoms with Gasteiger partial charge in [0, 0.05) is 48.2 Å². The van der Waals surface area contributed by atoms with Crippen molar-refractivity contribution in [1.29, 1.82) is 0 Å². The summed E-state index contributed by atoms with van der Waals surface area (Å²) in [6, 6.07) is 17.8. The molecule has 0 radical (unpaired) electrons. The van der Waals surface area contributed by atoms with Crippen molar-refractivity contribution >= 4 is 16.8 Å². The third-order valence-corrected chi connectivity index (χ3v) is 6.33. The normalized spacial score (nSPS) is 15.8. The molecule has 1 fully saturated rings. The lowest BCUT2D eigenvalue weighted by molar-refractivity contribution is -0.129. The van der Waals surface area contributed by atoms with Gasteiger partial charge >= 0.3 is 0 Å². The van der Waals surface area contributed by atoms with Gasteiger partial charge in [0.2, 0.25) is 5.91 Å². The molecular formula is C26H28N4O3. The Morgan fingerprint density at radius 1 is 1.15 bits per heavy atom. The highest BCUT2D eigenvalue weighted by molar-refractivity contribution is 5.89. The molecule has 0 spiro atoms. The maximum absolute atomic E-state index is 12.9. The average molecular weight is 445 g/mol. The summed E-state index contributed by atoms with van der Waals surface area (Å²) in [5, 5.41) is 8.77. The second-order valence-electron chi connectivity index (χ2n) is 8.45. The van der Waals surface area contributed by atoms with Crippen LogP contribution in [0.3, 0.4) is 0 Å². The Morgan fingerprint density at radius 3 is 2.82 bits per heavy atom. The molecular weight excluding hydrogens is 416 g/mol. The molecule has 1 saturated heterocycles. The van der Waals surface area contributed by atoms with Crippen LogP contribution in [0.1, 0.15) is 29.3 Å². The number of benzene rings is 2. The van der Waals surface area contributed by atoms with Gasteiger partial charge in [-0.15, -0.1) is 0 Å². The number of nitrogens with one attached hydrogen (secondary N) is 2. The van der Waals surface area contributed by atoms with Gasteiger partial charge in [-0.1, -0.05) is 18.2 Å². The van der Waals surface area contributed by atoms with Gasteiger partial charge < -0.3 is 19.4 Å². The van der Waals surface area contributed by atoms with Crippen LogP contribution < -0.4 is 9.47 Å². The predicted octanol–water partition coefficient (Wildman–Crippen LogP) is 4.08. The van der Waals surface area contributed by atoms with Gasteiger partial charge in [-0.3, -0.25) is 9.89 Å². The van der Waals surface area contributed by atoms with Gasteiger partial charge in [-0.05, 0) is 48.4 Å². The number of hydrogen-bond acceptors (Lipinski definition) is 4. The lowest BCUT2D eigenvalue weighted by atomic mass is 10.0. The molecule has 0 bridgehead atoms. The first-order valence-electron chi connectivity index (χ1n) is 11.3. The maximum atomic E-state index is 12.9. The Morgan fingerprint density at radius 2 is 1.97 bits per heavy atom. The molecule has 1 atom stereocenters. The second-order valence-corrected chi connectivity index (χ2v) is 8.45. The Balaban J connectivity index is 1.12. The zero-order chi connectivity index (χ0) is 22.6. The summed E-state index contributed by atoms with van der Waals surface area (Å²) in [5.74, 6) is 2.07. The fourth-order valence-corrected chi connectivity index (χ4v) is 4.45. The topological polar surface area (TPSA) is 83.2 Å². The summed E-state index contributed by atoms with van der Waals surface area (Å²) in [4.78, 5) is 18.1. The number of rotatable bonds is 8. The summed E-state index contributed by atoms with van der Waals surface area (Å²) in [7, 11) is 1.65. The minimum absolute atomic E-state index is 0.172. The lowest BCUT2D eigenvalue weighted by Gasteiger charge is -2.16. The first-order chi connectivity index (χ1) is 16.2. The van der Waals surface area contributed by atoms with Crippen molar-refractivity contribution < 1.29 is 14.3 Å². The third kappa shape index (κ3) is 4.72. The number of aromatic amines is 2. The van der Waals surface area contributed by atoms with Crippen LogP contribution in [0.4, 0.5) is 0 Å². The van der Waals surface area contributed by atoms with E-state index >= 15 is 0 Å². The fourth-order valence-electron chi connectivity index (χ4n) is 4.45. The molecule has 7 nitrogen and oxygen atoms in total. The monoisotopic (exact) mass is 444 g/mol. The molecule has 7 heteroatoms. The van der Waals surface area contributed by atoms with E-state index in [9.17, 15) is 4.79 Å². The highest BCUT2D eigenvalue weighted by Crippen LogP contribution is 2.28. The van der Waals surface area contributed by atoms with E-state index in [2.05, 4.69) is 27.3 Å². The van der Waals surface area contributed by atoms with Gasteiger partial charge in [0.05, 0.1) is 25.8 Å². The zero-order valence-electron chi connectivity index (χ0n) is 18.7. The van der Waals surface area contributed by atoms with E-state index in [1.165, 1.54) is 0 Å².